The summed E-state index contributed by atoms with van der Waals surface area (Å²) in [7, 11) is 0. The second kappa shape index (κ2) is 11.1. The number of piperidine rings is 1. The molecule has 2 atom stereocenters. The number of hydrogen-bond donors (Lipinski definition) is 3. The summed E-state index contributed by atoms with van der Waals surface area (Å²) in [5.74, 6) is -2.30. The highest BCUT2D eigenvalue weighted by molar-refractivity contribution is 6.02. The Kier molecular flexibility index (Phi) is 8.25. The van der Waals surface area contributed by atoms with Crippen LogP contribution in [0.4, 0.5) is 5.69 Å². The Labute approximate surface area is 182 Å². The maximum atomic E-state index is 13.1. The molecular formula is C22H31N3O6. The van der Waals surface area contributed by atoms with Crippen molar-refractivity contribution < 1.29 is 29.3 Å². The van der Waals surface area contributed by atoms with Crippen molar-refractivity contribution in [2.45, 2.75) is 50.6 Å². The molecule has 0 spiro atoms. The fourth-order valence-corrected chi connectivity index (χ4v) is 4.16. The maximum Gasteiger partial charge on any atom is 0.323 e. The van der Waals surface area contributed by atoms with Gasteiger partial charge < -0.3 is 19.8 Å². The third kappa shape index (κ3) is 6.41. The molecule has 0 radical (unpaired) electrons. The molecule has 0 aliphatic carbocycles. The number of carbonyl (C=O) groups excluding carboxylic acids is 1. The molecule has 2 heterocycles. The number of nitrogens with zero attached hydrogens (tertiary/aromatic N) is 2. The SMILES string of the molecule is O=C(O)CN1C(=O)[C@@H](NC(CCCCN2CCCCC2)C(=O)O)COc2ccccc21. The Morgan fingerprint density at radius 2 is 1.87 bits per heavy atom. The number of carbonyl (C=O) groups is 3. The summed E-state index contributed by atoms with van der Waals surface area (Å²) in [5.41, 5.74) is 0.368. The van der Waals surface area contributed by atoms with Crippen molar-refractivity contribution >= 4 is 23.5 Å². The van der Waals surface area contributed by atoms with Crippen molar-refractivity contribution in [1.29, 1.82) is 0 Å². The summed E-state index contributed by atoms with van der Waals surface area (Å²) < 4.78 is 5.71. The number of para-hydroxylation sites is 2. The highest BCUT2D eigenvalue weighted by atomic mass is 16.5. The monoisotopic (exact) mass is 433 g/mol. The van der Waals surface area contributed by atoms with Gasteiger partial charge in [0.25, 0.3) is 0 Å². The predicted octanol–water partition coefficient (Wildman–Crippen LogP) is 1.56. The van der Waals surface area contributed by atoms with Gasteiger partial charge in [-0.3, -0.25) is 24.6 Å². The molecule has 1 amide bonds. The smallest absolute Gasteiger partial charge is 0.323 e. The molecule has 170 valence electrons. The molecule has 1 unspecified atom stereocenters. The van der Waals surface area contributed by atoms with E-state index in [1.165, 1.54) is 19.3 Å². The van der Waals surface area contributed by atoms with Gasteiger partial charge >= 0.3 is 11.9 Å². The zero-order valence-corrected chi connectivity index (χ0v) is 17.7. The lowest BCUT2D eigenvalue weighted by molar-refractivity contribution is -0.141. The minimum atomic E-state index is -1.16. The topological polar surface area (TPSA) is 119 Å². The quantitative estimate of drug-likeness (QED) is 0.476. The van der Waals surface area contributed by atoms with E-state index < -0.39 is 36.5 Å². The summed E-state index contributed by atoms with van der Waals surface area (Å²) in [5, 5.41) is 21.8. The zero-order chi connectivity index (χ0) is 22.2. The molecule has 1 fully saturated rings. The summed E-state index contributed by atoms with van der Waals surface area (Å²) in [6.07, 6.45) is 5.73. The van der Waals surface area contributed by atoms with Crippen molar-refractivity contribution in [1.82, 2.24) is 10.2 Å². The van der Waals surface area contributed by atoms with Crippen molar-refractivity contribution in [2.24, 2.45) is 0 Å². The van der Waals surface area contributed by atoms with Gasteiger partial charge in [-0.1, -0.05) is 25.0 Å². The van der Waals surface area contributed by atoms with Gasteiger partial charge in [0.15, 0.2) is 0 Å². The summed E-state index contributed by atoms with van der Waals surface area (Å²) in [4.78, 5) is 39.7. The number of fused-ring (bicyclic) bond motifs is 1. The zero-order valence-electron chi connectivity index (χ0n) is 17.7. The fraction of sp³-hybridized carbons (Fsp3) is 0.591. The van der Waals surface area contributed by atoms with Crippen LogP contribution in [0.3, 0.4) is 0 Å². The Morgan fingerprint density at radius 3 is 2.58 bits per heavy atom. The Morgan fingerprint density at radius 1 is 1.13 bits per heavy atom. The molecule has 1 aromatic rings. The summed E-state index contributed by atoms with van der Waals surface area (Å²) >= 11 is 0. The molecule has 9 nitrogen and oxygen atoms in total. The first-order valence-corrected chi connectivity index (χ1v) is 10.9. The highest BCUT2D eigenvalue weighted by Gasteiger charge is 2.35. The van der Waals surface area contributed by atoms with Crippen LogP contribution in [0, 0.1) is 0 Å². The predicted molar refractivity (Wildman–Crippen MR) is 114 cm³/mol. The largest absolute Gasteiger partial charge is 0.489 e. The number of carboxylic acid groups (broad SMARTS) is 2. The van der Waals surface area contributed by atoms with Crippen molar-refractivity contribution in [3.63, 3.8) is 0 Å². The number of aliphatic carboxylic acids is 2. The Balaban J connectivity index is 1.60. The molecule has 3 rings (SSSR count). The molecule has 0 aromatic heterocycles. The van der Waals surface area contributed by atoms with E-state index in [1.807, 2.05) is 0 Å². The lowest BCUT2D eigenvalue weighted by atomic mass is 10.1. The van der Waals surface area contributed by atoms with Gasteiger partial charge in [0, 0.05) is 0 Å². The molecule has 3 N–H and O–H groups in total. The molecule has 9 heteroatoms. The molecule has 31 heavy (non-hydrogen) atoms. The number of likely N-dealkylation sites (tertiary alicyclic amines) is 1. The average molecular weight is 434 g/mol. The van der Waals surface area contributed by atoms with Gasteiger partial charge in [0.2, 0.25) is 5.91 Å². The Hall–Kier alpha value is -2.65. The number of nitrogens with one attached hydrogen (secondary N) is 1. The van der Waals surface area contributed by atoms with Crippen LogP contribution >= 0.6 is 0 Å². The minimum absolute atomic E-state index is 0.0659. The van der Waals surface area contributed by atoms with Crippen LogP contribution in [0.2, 0.25) is 0 Å². The third-order valence-electron chi connectivity index (χ3n) is 5.79. The van der Waals surface area contributed by atoms with Crippen molar-refractivity contribution in [2.75, 3.05) is 37.7 Å². The van der Waals surface area contributed by atoms with Crippen LogP contribution in [-0.4, -0.2) is 77.8 Å². The van der Waals surface area contributed by atoms with E-state index in [-0.39, 0.29) is 6.61 Å². The van der Waals surface area contributed by atoms with Gasteiger partial charge in [-0.05, 0) is 57.5 Å². The third-order valence-corrected chi connectivity index (χ3v) is 5.79. The first-order valence-electron chi connectivity index (χ1n) is 10.9. The number of hydrogen-bond acceptors (Lipinski definition) is 6. The number of amides is 1. The highest BCUT2D eigenvalue weighted by Crippen LogP contribution is 2.31. The molecular weight excluding hydrogens is 402 g/mol. The Bertz CT molecular complexity index is 780. The fourth-order valence-electron chi connectivity index (χ4n) is 4.16. The van der Waals surface area contributed by atoms with Crippen LogP contribution in [0.15, 0.2) is 24.3 Å². The summed E-state index contributed by atoms with van der Waals surface area (Å²) in [6, 6.07) is 4.85. The second-order valence-electron chi connectivity index (χ2n) is 8.11. The van der Waals surface area contributed by atoms with Crippen LogP contribution < -0.4 is 15.0 Å². The van der Waals surface area contributed by atoms with E-state index in [9.17, 15) is 24.6 Å². The summed E-state index contributed by atoms with van der Waals surface area (Å²) in [6.45, 7) is 2.58. The number of benzene rings is 1. The number of ether oxygens (including phenoxy) is 1. The maximum absolute atomic E-state index is 13.1. The van der Waals surface area contributed by atoms with E-state index in [2.05, 4.69) is 10.2 Å². The van der Waals surface area contributed by atoms with Gasteiger partial charge in [0.05, 0.1) is 5.69 Å². The average Bonchev–Trinajstić information content (AvgIpc) is 2.88. The first-order chi connectivity index (χ1) is 15.0. The van der Waals surface area contributed by atoms with Crippen LogP contribution in [-0.2, 0) is 14.4 Å². The van der Waals surface area contributed by atoms with E-state index in [0.29, 0.717) is 17.9 Å². The van der Waals surface area contributed by atoms with E-state index in [1.54, 1.807) is 24.3 Å². The van der Waals surface area contributed by atoms with Crippen molar-refractivity contribution in [3.8, 4) is 5.75 Å². The molecule has 0 saturated carbocycles. The molecule has 0 bridgehead atoms. The van der Waals surface area contributed by atoms with E-state index >= 15 is 0 Å². The van der Waals surface area contributed by atoms with Crippen LogP contribution in [0.25, 0.3) is 0 Å². The number of unbranched alkanes of at least 4 members (excludes halogenated alkanes) is 1. The van der Waals surface area contributed by atoms with Gasteiger partial charge in [-0.2, -0.15) is 0 Å². The second-order valence-corrected chi connectivity index (χ2v) is 8.11. The van der Waals surface area contributed by atoms with Crippen LogP contribution in [0.1, 0.15) is 38.5 Å². The van der Waals surface area contributed by atoms with Gasteiger partial charge in [0.1, 0.15) is 31.0 Å². The van der Waals surface area contributed by atoms with E-state index in [4.69, 9.17) is 4.74 Å². The standard InChI is InChI=1S/C22H31N3O6/c26-20(27)14-25-18-9-2-3-10-19(18)31-15-17(21(25)28)23-16(22(29)30)8-4-7-13-24-11-5-1-6-12-24/h2-3,9-10,16-17,23H,1,4-8,11-15H2,(H,26,27)(H,29,30)/t16?,17-/m0/s1. The number of anilines is 1. The number of rotatable bonds is 10. The van der Waals surface area contributed by atoms with Crippen LogP contribution in [0.5, 0.6) is 5.75 Å². The molecule has 2 aliphatic rings. The first kappa shape index (κ1) is 23.0. The molecule has 1 saturated heterocycles. The normalized spacial score (nSPS) is 20.5. The molecule has 2 aliphatic heterocycles. The molecule has 1 aromatic carbocycles. The number of carboxylic acids is 2. The van der Waals surface area contributed by atoms with Crippen molar-refractivity contribution in [3.05, 3.63) is 24.3 Å². The lowest BCUT2D eigenvalue weighted by Gasteiger charge is -2.27. The minimum Gasteiger partial charge on any atom is -0.489 e. The van der Waals surface area contributed by atoms with Gasteiger partial charge in [-0.15, -0.1) is 0 Å². The van der Waals surface area contributed by atoms with Gasteiger partial charge in [-0.25, -0.2) is 0 Å². The lowest BCUT2D eigenvalue weighted by Crippen LogP contribution is -2.54. The van der Waals surface area contributed by atoms with E-state index in [0.717, 1.165) is 37.4 Å².